The lowest BCUT2D eigenvalue weighted by molar-refractivity contribution is 0.412. The summed E-state index contributed by atoms with van der Waals surface area (Å²) >= 11 is 0. The van der Waals surface area contributed by atoms with Crippen molar-refractivity contribution in [3.63, 3.8) is 0 Å². The summed E-state index contributed by atoms with van der Waals surface area (Å²) in [6.07, 6.45) is 0. The Hall–Kier alpha value is -2.00. The van der Waals surface area contributed by atoms with Crippen molar-refractivity contribution in [2.75, 3.05) is 14.2 Å². The molecule has 0 bridgehead atoms. The maximum atomic E-state index is 5.25. The second-order valence-corrected chi connectivity index (χ2v) is 4.73. The van der Waals surface area contributed by atoms with Crippen molar-refractivity contribution in [1.82, 2.24) is 5.32 Å². The SMILES string of the molecule is COc1cccc(CN[C@H](C)c2cccc(OC)c2)c1. The molecule has 0 aliphatic heterocycles. The van der Waals surface area contributed by atoms with Gasteiger partial charge < -0.3 is 14.8 Å². The molecule has 0 saturated heterocycles. The summed E-state index contributed by atoms with van der Waals surface area (Å²) < 4.78 is 10.5. The van der Waals surface area contributed by atoms with Gasteiger partial charge in [0.15, 0.2) is 0 Å². The summed E-state index contributed by atoms with van der Waals surface area (Å²) in [5.41, 5.74) is 2.42. The van der Waals surface area contributed by atoms with Gasteiger partial charge in [0.05, 0.1) is 14.2 Å². The zero-order valence-corrected chi connectivity index (χ0v) is 12.2. The van der Waals surface area contributed by atoms with Crippen LogP contribution >= 0.6 is 0 Å². The van der Waals surface area contributed by atoms with Gasteiger partial charge in [-0.15, -0.1) is 0 Å². The van der Waals surface area contributed by atoms with E-state index in [1.807, 2.05) is 30.3 Å². The van der Waals surface area contributed by atoms with Crippen LogP contribution < -0.4 is 14.8 Å². The van der Waals surface area contributed by atoms with E-state index in [0.29, 0.717) is 0 Å². The van der Waals surface area contributed by atoms with Crippen LogP contribution in [-0.2, 0) is 6.54 Å². The number of rotatable bonds is 6. The summed E-state index contributed by atoms with van der Waals surface area (Å²) in [5.74, 6) is 1.77. The fraction of sp³-hybridized carbons (Fsp3) is 0.294. The Labute approximate surface area is 120 Å². The van der Waals surface area contributed by atoms with Crippen molar-refractivity contribution in [3.8, 4) is 11.5 Å². The number of nitrogens with one attached hydrogen (secondary N) is 1. The molecule has 0 radical (unpaired) electrons. The molecule has 2 rings (SSSR count). The molecule has 3 heteroatoms. The van der Waals surface area contributed by atoms with Crippen LogP contribution in [0, 0.1) is 0 Å². The van der Waals surface area contributed by atoms with Gasteiger partial charge in [-0.2, -0.15) is 0 Å². The highest BCUT2D eigenvalue weighted by Gasteiger charge is 2.06. The first-order valence-electron chi connectivity index (χ1n) is 6.73. The molecule has 106 valence electrons. The molecule has 0 saturated carbocycles. The van der Waals surface area contributed by atoms with Gasteiger partial charge in [0.1, 0.15) is 11.5 Å². The average Bonchev–Trinajstić information content (AvgIpc) is 2.52. The van der Waals surface area contributed by atoms with Crippen molar-refractivity contribution < 1.29 is 9.47 Å². The van der Waals surface area contributed by atoms with E-state index in [1.165, 1.54) is 11.1 Å². The minimum Gasteiger partial charge on any atom is -0.497 e. The van der Waals surface area contributed by atoms with Crippen molar-refractivity contribution in [1.29, 1.82) is 0 Å². The first-order valence-corrected chi connectivity index (χ1v) is 6.73. The summed E-state index contributed by atoms with van der Waals surface area (Å²) in [6.45, 7) is 2.95. The number of hydrogen-bond acceptors (Lipinski definition) is 3. The largest absolute Gasteiger partial charge is 0.497 e. The van der Waals surface area contributed by atoms with Crippen molar-refractivity contribution >= 4 is 0 Å². The highest BCUT2D eigenvalue weighted by atomic mass is 16.5. The van der Waals surface area contributed by atoms with Crippen LogP contribution in [0.5, 0.6) is 11.5 Å². The van der Waals surface area contributed by atoms with E-state index in [4.69, 9.17) is 9.47 Å². The minimum absolute atomic E-state index is 0.260. The zero-order chi connectivity index (χ0) is 14.4. The first kappa shape index (κ1) is 14.4. The monoisotopic (exact) mass is 271 g/mol. The lowest BCUT2D eigenvalue weighted by Gasteiger charge is -2.15. The van der Waals surface area contributed by atoms with Gasteiger partial charge in [0, 0.05) is 12.6 Å². The third-order valence-electron chi connectivity index (χ3n) is 3.34. The van der Waals surface area contributed by atoms with E-state index in [0.717, 1.165) is 18.0 Å². The fourth-order valence-electron chi connectivity index (χ4n) is 2.08. The van der Waals surface area contributed by atoms with Crippen molar-refractivity contribution in [3.05, 3.63) is 59.7 Å². The van der Waals surface area contributed by atoms with E-state index in [9.17, 15) is 0 Å². The molecular weight excluding hydrogens is 250 g/mol. The second-order valence-electron chi connectivity index (χ2n) is 4.73. The number of methoxy groups -OCH3 is 2. The molecule has 0 spiro atoms. The molecule has 0 aromatic heterocycles. The Morgan fingerprint density at radius 1 is 0.950 bits per heavy atom. The molecule has 20 heavy (non-hydrogen) atoms. The summed E-state index contributed by atoms with van der Waals surface area (Å²) in [6, 6.07) is 16.5. The normalized spacial score (nSPS) is 11.9. The van der Waals surface area contributed by atoms with E-state index in [-0.39, 0.29) is 6.04 Å². The third-order valence-corrected chi connectivity index (χ3v) is 3.34. The molecule has 3 nitrogen and oxygen atoms in total. The lowest BCUT2D eigenvalue weighted by atomic mass is 10.1. The highest BCUT2D eigenvalue weighted by Crippen LogP contribution is 2.19. The van der Waals surface area contributed by atoms with Crippen molar-refractivity contribution in [2.24, 2.45) is 0 Å². The predicted molar refractivity (Wildman–Crippen MR) is 81.2 cm³/mol. The standard InChI is InChI=1S/C17H21NO2/c1-13(15-7-5-9-17(11-15)20-3)18-12-14-6-4-8-16(10-14)19-2/h4-11,13,18H,12H2,1-3H3/t13-/m1/s1. The first-order chi connectivity index (χ1) is 9.72. The molecule has 0 aliphatic carbocycles. The molecule has 0 amide bonds. The Morgan fingerprint density at radius 2 is 1.60 bits per heavy atom. The topological polar surface area (TPSA) is 30.5 Å². The maximum Gasteiger partial charge on any atom is 0.119 e. The highest BCUT2D eigenvalue weighted by molar-refractivity contribution is 5.31. The molecule has 0 fully saturated rings. The van der Waals surface area contributed by atoms with E-state index in [1.54, 1.807) is 14.2 Å². The molecule has 0 heterocycles. The van der Waals surface area contributed by atoms with Gasteiger partial charge in [-0.3, -0.25) is 0 Å². The Kier molecular flexibility index (Phi) is 5.02. The van der Waals surface area contributed by atoms with Crippen LogP contribution in [-0.4, -0.2) is 14.2 Å². The molecule has 2 aromatic carbocycles. The van der Waals surface area contributed by atoms with Crippen LogP contribution in [0.3, 0.4) is 0 Å². The van der Waals surface area contributed by atoms with Crippen LogP contribution in [0.25, 0.3) is 0 Å². The molecular formula is C17H21NO2. The molecule has 0 aliphatic rings. The Morgan fingerprint density at radius 3 is 2.30 bits per heavy atom. The quantitative estimate of drug-likeness (QED) is 0.871. The summed E-state index contributed by atoms with van der Waals surface area (Å²) in [5, 5.41) is 3.51. The second kappa shape index (κ2) is 6.96. The van der Waals surface area contributed by atoms with Gasteiger partial charge in [-0.25, -0.2) is 0 Å². The fourth-order valence-corrected chi connectivity index (χ4v) is 2.08. The maximum absolute atomic E-state index is 5.25. The Bertz CT molecular complexity index is 554. The van der Waals surface area contributed by atoms with Gasteiger partial charge >= 0.3 is 0 Å². The van der Waals surface area contributed by atoms with Gasteiger partial charge in [-0.05, 0) is 42.3 Å². The van der Waals surface area contributed by atoms with Gasteiger partial charge in [0.25, 0.3) is 0 Å². The van der Waals surface area contributed by atoms with Crippen LogP contribution in [0.1, 0.15) is 24.1 Å². The minimum atomic E-state index is 0.260. The van der Waals surface area contributed by atoms with Crippen LogP contribution in [0.2, 0.25) is 0 Å². The van der Waals surface area contributed by atoms with Gasteiger partial charge in [0.2, 0.25) is 0 Å². The lowest BCUT2D eigenvalue weighted by Crippen LogP contribution is -2.18. The predicted octanol–water partition coefficient (Wildman–Crippen LogP) is 3.55. The number of hydrogen-bond donors (Lipinski definition) is 1. The van der Waals surface area contributed by atoms with E-state index < -0.39 is 0 Å². The van der Waals surface area contributed by atoms with E-state index in [2.05, 4.69) is 30.4 Å². The summed E-state index contributed by atoms with van der Waals surface area (Å²) in [7, 11) is 3.37. The van der Waals surface area contributed by atoms with Crippen LogP contribution in [0.15, 0.2) is 48.5 Å². The average molecular weight is 271 g/mol. The van der Waals surface area contributed by atoms with Gasteiger partial charge in [-0.1, -0.05) is 24.3 Å². The van der Waals surface area contributed by atoms with Crippen molar-refractivity contribution in [2.45, 2.75) is 19.5 Å². The molecule has 0 unspecified atom stereocenters. The third kappa shape index (κ3) is 3.75. The van der Waals surface area contributed by atoms with E-state index >= 15 is 0 Å². The smallest absolute Gasteiger partial charge is 0.119 e. The van der Waals surface area contributed by atoms with Crippen LogP contribution in [0.4, 0.5) is 0 Å². The molecule has 1 N–H and O–H groups in total. The molecule has 2 aromatic rings. The Balaban J connectivity index is 1.98. The summed E-state index contributed by atoms with van der Waals surface area (Å²) in [4.78, 5) is 0. The number of ether oxygens (including phenoxy) is 2. The molecule has 1 atom stereocenters. The number of benzene rings is 2. The zero-order valence-electron chi connectivity index (χ0n) is 12.2.